The van der Waals surface area contributed by atoms with E-state index in [9.17, 15) is 18.0 Å². The fraction of sp³-hybridized carbons (Fsp3) is 0.467. The van der Waals surface area contributed by atoms with E-state index in [1.165, 1.54) is 4.90 Å². The molecule has 1 aromatic carbocycles. The lowest BCUT2D eigenvalue weighted by Crippen LogP contribution is -2.43. The van der Waals surface area contributed by atoms with E-state index < -0.39 is 22.4 Å². The van der Waals surface area contributed by atoms with Gasteiger partial charge in [0.2, 0.25) is 0 Å². The average molecular weight is 404 g/mol. The normalized spacial score (nSPS) is 19.3. The number of rotatable bonds is 5. The number of likely N-dealkylation sites (N-methyl/N-ethyl adjacent to an activating group) is 1. The maximum absolute atomic E-state index is 12.2. The van der Waals surface area contributed by atoms with Crippen LogP contribution in [0.15, 0.2) is 28.7 Å². The van der Waals surface area contributed by atoms with Crippen molar-refractivity contribution in [2.24, 2.45) is 0 Å². The average Bonchev–Trinajstić information content (AvgIpc) is 2.86. The third-order valence-corrected chi connectivity index (χ3v) is 6.17. The second kappa shape index (κ2) is 7.44. The summed E-state index contributed by atoms with van der Waals surface area (Å²) in [5.74, 6) is -0.904. The highest BCUT2D eigenvalue weighted by Crippen LogP contribution is 2.19. The number of esters is 1. The third kappa shape index (κ3) is 4.54. The lowest BCUT2D eigenvalue weighted by molar-refractivity contribution is -0.136. The van der Waals surface area contributed by atoms with E-state index >= 15 is 0 Å². The molecule has 0 spiro atoms. The number of ether oxygens (including phenoxy) is 1. The van der Waals surface area contributed by atoms with Crippen molar-refractivity contribution in [3.8, 4) is 0 Å². The van der Waals surface area contributed by atoms with E-state index in [4.69, 9.17) is 4.74 Å². The minimum atomic E-state index is -3.07. The zero-order chi connectivity index (χ0) is 17.0. The molecule has 1 fully saturated rings. The first kappa shape index (κ1) is 17.9. The molecule has 1 aliphatic heterocycles. The molecule has 0 aromatic heterocycles. The van der Waals surface area contributed by atoms with Gasteiger partial charge in [-0.3, -0.25) is 4.79 Å². The van der Waals surface area contributed by atoms with Gasteiger partial charge in [-0.25, -0.2) is 13.2 Å². The van der Waals surface area contributed by atoms with Crippen LogP contribution in [-0.4, -0.2) is 55.9 Å². The number of carbonyl (C=O) groups is 2. The Hall–Kier alpha value is -1.41. The molecule has 0 aliphatic carbocycles. The zero-order valence-corrected chi connectivity index (χ0v) is 15.1. The van der Waals surface area contributed by atoms with Gasteiger partial charge in [0.1, 0.15) is 0 Å². The van der Waals surface area contributed by atoms with Crippen molar-refractivity contribution in [1.82, 2.24) is 4.90 Å². The van der Waals surface area contributed by atoms with Crippen LogP contribution in [0, 0.1) is 0 Å². The maximum Gasteiger partial charge on any atom is 0.339 e. The Morgan fingerprint density at radius 2 is 2.04 bits per heavy atom. The zero-order valence-electron chi connectivity index (χ0n) is 12.7. The van der Waals surface area contributed by atoms with E-state index in [1.807, 2.05) is 0 Å². The fourth-order valence-electron chi connectivity index (χ4n) is 2.57. The molecule has 1 heterocycles. The van der Waals surface area contributed by atoms with Crippen molar-refractivity contribution in [3.05, 3.63) is 34.3 Å². The highest BCUT2D eigenvalue weighted by Gasteiger charge is 2.34. The Kier molecular flexibility index (Phi) is 5.80. The van der Waals surface area contributed by atoms with Crippen LogP contribution in [-0.2, 0) is 19.4 Å². The summed E-state index contributed by atoms with van der Waals surface area (Å²) in [7, 11) is -3.07. The summed E-state index contributed by atoms with van der Waals surface area (Å²) in [6.45, 7) is 1.76. The molecule has 2 rings (SSSR count). The van der Waals surface area contributed by atoms with E-state index in [0.717, 1.165) is 0 Å². The van der Waals surface area contributed by atoms with Crippen LogP contribution >= 0.6 is 15.9 Å². The molecular formula is C15H18BrNO5S. The molecule has 1 amide bonds. The first-order valence-corrected chi connectivity index (χ1v) is 9.87. The monoisotopic (exact) mass is 403 g/mol. The van der Waals surface area contributed by atoms with Gasteiger partial charge in [-0.1, -0.05) is 12.1 Å². The molecule has 1 aromatic rings. The molecule has 1 unspecified atom stereocenters. The molecule has 0 bridgehead atoms. The molecule has 0 N–H and O–H groups in total. The van der Waals surface area contributed by atoms with E-state index in [1.54, 1.807) is 31.2 Å². The van der Waals surface area contributed by atoms with Gasteiger partial charge in [0.25, 0.3) is 5.91 Å². The lowest BCUT2D eigenvalue weighted by atomic mass is 10.2. The number of hydrogen-bond acceptors (Lipinski definition) is 5. The number of carbonyl (C=O) groups excluding carboxylic acids is 2. The van der Waals surface area contributed by atoms with Crippen molar-refractivity contribution >= 4 is 37.6 Å². The smallest absolute Gasteiger partial charge is 0.339 e. The first-order chi connectivity index (χ1) is 10.8. The van der Waals surface area contributed by atoms with Gasteiger partial charge in [0, 0.05) is 17.1 Å². The summed E-state index contributed by atoms with van der Waals surface area (Å²) < 4.78 is 28.7. The number of amides is 1. The first-order valence-electron chi connectivity index (χ1n) is 7.25. The second-order valence-electron chi connectivity index (χ2n) is 5.29. The minimum absolute atomic E-state index is 0.0231. The third-order valence-electron chi connectivity index (χ3n) is 3.73. The maximum atomic E-state index is 12.2. The molecule has 0 saturated carbocycles. The minimum Gasteiger partial charge on any atom is -0.452 e. The van der Waals surface area contributed by atoms with Gasteiger partial charge in [-0.05, 0) is 41.4 Å². The van der Waals surface area contributed by atoms with Crippen molar-refractivity contribution in [2.45, 2.75) is 19.4 Å². The summed E-state index contributed by atoms with van der Waals surface area (Å²) in [4.78, 5) is 25.7. The summed E-state index contributed by atoms with van der Waals surface area (Å²) in [6, 6.07) is 6.44. The van der Waals surface area contributed by atoms with Gasteiger partial charge in [0.05, 0.1) is 17.1 Å². The van der Waals surface area contributed by atoms with E-state index in [2.05, 4.69) is 15.9 Å². The number of sulfone groups is 1. The van der Waals surface area contributed by atoms with Crippen LogP contribution in [0.3, 0.4) is 0 Å². The van der Waals surface area contributed by atoms with Crippen LogP contribution in [0.4, 0.5) is 0 Å². The Morgan fingerprint density at radius 3 is 2.61 bits per heavy atom. The van der Waals surface area contributed by atoms with Crippen molar-refractivity contribution in [1.29, 1.82) is 0 Å². The van der Waals surface area contributed by atoms with Crippen molar-refractivity contribution < 1.29 is 22.7 Å². The summed E-state index contributed by atoms with van der Waals surface area (Å²) in [6.07, 6.45) is 0.431. The molecule has 23 heavy (non-hydrogen) atoms. The molecular weight excluding hydrogens is 386 g/mol. The molecule has 0 radical (unpaired) electrons. The molecule has 1 atom stereocenters. The lowest BCUT2D eigenvalue weighted by Gasteiger charge is -2.26. The Labute approximate surface area is 143 Å². The van der Waals surface area contributed by atoms with Gasteiger partial charge in [-0.2, -0.15) is 0 Å². The molecule has 126 valence electrons. The van der Waals surface area contributed by atoms with Crippen LogP contribution in [0.2, 0.25) is 0 Å². The number of benzene rings is 1. The van der Waals surface area contributed by atoms with Crippen molar-refractivity contribution in [3.63, 3.8) is 0 Å². The fourth-order valence-corrected chi connectivity index (χ4v) is 4.75. The van der Waals surface area contributed by atoms with Crippen molar-refractivity contribution in [2.75, 3.05) is 24.7 Å². The summed E-state index contributed by atoms with van der Waals surface area (Å²) in [5.41, 5.74) is 0.340. The standard InChI is InChI=1S/C15H18BrNO5S/c1-2-17(11-7-8-23(20,21)10-11)14(18)9-22-15(19)12-5-3-4-6-13(12)16/h3-6,11H,2,7-10H2,1H3. The number of halogens is 1. The molecule has 1 saturated heterocycles. The second-order valence-corrected chi connectivity index (χ2v) is 8.38. The Morgan fingerprint density at radius 1 is 1.35 bits per heavy atom. The summed E-state index contributed by atoms with van der Waals surface area (Å²) >= 11 is 3.25. The van der Waals surface area contributed by atoms with Gasteiger partial charge in [-0.15, -0.1) is 0 Å². The molecule has 1 aliphatic rings. The van der Waals surface area contributed by atoms with Crippen LogP contribution < -0.4 is 0 Å². The quantitative estimate of drug-likeness (QED) is 0.698. The number of hydrogen-bond donors (Lipinski definition) is 0. The van der Waals surface area contributed by atoms with Gasteiger partial charge < -0.3 is 9.64 Å². The van der Waals surface area contributed by atoms with Crippen LogP contribution in [0.1, 0.15) is 23.7 Å². The topological polar surface area (TPSA) is 80.8 Å². The Balaban J connectivity index is 1.95. The largest absolute Gasteiger partial charge is 0.452 e. The summed E-state index contributed by atoms with van der Waals surface area (Å²) in [5, 5.41) is 0. The predicted molar refractivity (Wildman–Crippen MR) is 88.9 cm³/mol. The van der Waals surface area contributed by atoms with E-state index in [0.29, 0.717) is 23.0 Å². The SMILES string of the molecule is CCN(C(=O)COC(=O)c1ccccc1Br)C1CCS(=O)(=O)C1. The number of nitrogens with zero attached hydrogens (tertiary/aromatic N) is 1. The van der Waals surface area contributed by atoms with Crippen LogP contribution in [0.5, 0.6) is 0 Å². The van der Waals surface area contributed by atoms with Gasteiger partial charge >= 0.3 is 5.97 Å². The van der Waals surface area contributed by atoms with Gasteiger partial charge in [0.15, 0.2) is 16.4 Å². The van der Waals surface area contributed by atoms with E-state index in [-0.39, 0.29) is 23.5 Å². The highest BCUT2D eigenvalue weighted by molar-refractivity contribution is 9.10. The highest BCUT2D eigenvalue weighted by atomic mass is 79.9. The van der Waals surface area contributed by atoms with Crippen LogP contribution in [0.25, 0.3) is 0 Å². The molecule has 6 nitrogen and oxygen atoms in total. The predicted octanol–water partition coefficient (Wildman–Crippen LogP) is 1.64. The Bertz CT molecular complexity index is 704. The molecule has 8 heteroatoms.